The third-order valence-electron chi connectivity index (χ3n) is 3.14. The van der Waals surface area contributed by atoms with Crippen molar-refractivity contribution in [3.8, 4) is 0 Å². The van der Waals surface area contributed by atoms with E-state index in [0.29, 0.717) is 13.2 Å². The molecule has 124 valence electrons. The van der Waals surface area contributed by atoms with E-state index in [4.69, 9.17) is 9.47 Å². The number of ether oxygens (including phenoxy) is 2. The lowest BCUT2D eigenvalue weighted by Gasteiger charge is -2.03. The Kier molecular flexibility index (Phi) is 8.43. The average Bonchev–Trinajstić information content (AvgIpc) is 2.54. The SMILES string of the molecule is CCCCOC(=O)/C=C/c1ccc(/C(C)=C/C(=O)OCC)cc1. The molecule has 0 aliphatic heterocycles. The molecule has 0 N–H and O–H groups in total. The molecule has 0 unspecified atom stereocenters. The van der Waals surface area contributed by atoms with Crippen LogP contribution in [0, 0.1) is 0 Å². The first-order valence-electron chi connectivity index (χ1n) is 7.87. The van der Waals surface area contributed by atoms with Crippen LogP contribution in [0.15, 0.2) is 36.4 Å². The van der Waals surface area contributed by atoms with Gasteiger partial charge in [0, 0.05) is 12.2 Å². The average molecular weight is 316 g/mol. The molecule has 0 aromatic heterocycles. The highest BCUT2D eigenvalue weighted by atomic mass is 16.5. The first-order chi connectivity index (χ1) is 11.1. The molecule has 0 radical (unpaired) electrons. The summed E-state index contributed by atoms with van der Waals surface area (Å²) in [4.78, 5) is 22.9. The summed E-state index contributed by atoms with van der Waals surface area (Å²) in [6.07, 6.45) is 6.48. The molecule has 1 aromatic carbocycles. The largest absolute Gasteiger partial charge is 0.463 e. The van der Waals surface area contributed by atoms with E-state index in [2.05, 4.69) is 0 Å². The molecule has 4 nitrogen and oxygen atoms in total. The van der Waals surface area contributed by atoms with Gasteiger partial charge >= 0.3 is 11.9 Å². The van der Waals surface area contributed by atoms with Crippen LogP contribution in [0.4, 0.5) is 0 Å². The van der Waals surface area contributed by atoms with E-state index in [1.165, 1.54) is 12.2 Å². The number of unbranched alkanes of at least 4 members (excludes halogenated alkanes) is 1. The van der Waals surface area contributed by atoms with Crippen molar-refractivity contribution >= 4 is 23.6 Å². The molecule has 0 aliphatic carbocycles. The summed E-state index contributed by atoms with van der Waals surface area (Å²) in [7, 11) is 0. The van der Waals surface area contributed by atoms with Gasteiger partial charge in [0.15, 0.2) is 0 Å². The maximum Gasteiger partial charge on any atom is 0.331 e. The van der Waals surface area contributed by atoms with E-state index in [1.807, 2.05) is 38.1 Å². The topological polar surface area (TPSA) is 52.6 Å². The minimum Gasteiger partial charge on any atom is -0.463 e. The van der Waals surface area contributed by atoms with Crippen LogP contribution in [0.25, 0.3) is 11.6 Å². The molecule has 0 fully saturated rings. The molecular formula is C19H24O4. The van der Waals surface area contributed by atoms with Crippen molar-refractivity contribution < 1.29 is 19.1 Å². The zero-order chi connectivity index (χ0) is 17.1. The minimum atomic E-state index is -0.344. The van der Waals surface area contributed by atoms with Gasteiger partial charge in [0.2, 0.25) is 0 Å². The van der Waals surface area contributed by atoms with Crippen LogP contribution < -0.4 is 0 Å². The Morgan fingerprint density at radius 3 is 2.35 bits per heavy atom. The number of allylic oxidation sites excluding steroid dienone is 1. The normalized spacial score (nSPS) is 11.5. The van der Waals surface area contributed by atoms with Crippen LogP contribution >= 0.6 is 0 Å². The maximum absolute atomic E-state index is 11.5. The van der Waals surface area contributed by atoms with Crippen molar-refractivity contribution in [1.29, 1.82) is 0 Å². The predicted octanol–water partition coefficient (Wildman–Crippen LogP) is 4.01. The molecule has 1 rings (SSSR count). The van der Waals surface area contributed by atoms with Crippen molar-refractivity contribution in [2.24, 2.45) is 0 Å². The molecule has 0 spiro atoms. The number of benzene rings is 1. The van der Waals surface area contributed by atoms with E-state index in [0.717, 1.165) is 29.5 Å². The van der Waals surface area contributed by atoms with Crippen LogP contribution in [0.5, 0.6) is 0 Å². The van der Waals surface area contributed by atoms with Gasteiger partial charge in [-0.2, -0.15) is 0 Å². The number of rotatable bonds is 8. The lowest BCUT2D eigenvalue weighted by molar-refractivity contribution is -0.138. The monoisotopic (exact) mass is 316 g/mol. The summed E-state index contributed by atoms with van der Waals surface area (Å²) < 4.78 is 9.93. The summed E-state index contributed by atoms with van der Waals surface area (Å²) >= 11 is 0. The Morgan fingerprint density at radius 2 is 1.74 bits per heavy atom. The molecule has 4 heteroatoms. The number of carbonyl (C=O) groups is 2. The van der Waals surface area contributed by atoms with Crippen molar-refractivity contribution in [3.05, 3.63) is 47.5 Å². The van der Waals surface area contributed by atoms with Gasteiger partial charge in [0.25, 0.3) is 0 Å². The highest BCUT2D eigenvalue weighted by molar-refractivity contribution is 5.91. The van der Waals surface area contributed by atoms with Crippen molar-refractivity contribution in [2.75, 3.05) is 13.2 Å². The van der Waals surface area contributed by atoms with E-state index in [9.17, 15) is 9.59 Å². The second kappa shape index (κ2) is 10.4. The summed E-state index contributed by atoms with van der Waals surface area (Å²) in [5.41, 5.74) is 2.66. The maximum atomic E-state index is 11.5. The van der Waals surface area contributed by atoms with Crippen LogP contribution in [0.3, 0.4) is 0 Å². The molecule has 0 atom stereocenters. The zero-order valence-corrected chi connectivity index (χ0v) is 14.0. The molecule has 0 amide bonds. The van der Waals surface area contributed by atoms with E-state index >= 15 is 0 Å². The molecule has 0 saturated carbocycles. The van der Waals surface area contributed by atoms with E-state index in [-0.39, 0.29) is 11.9 Å². The summed E-state index contributed by atoms with van der Waals surface area (Å²) in [6, 6.07) is 7.56. The van der Waals surface area contributed by atoms with Gasteiger partial charge in [-0.05, 0) is 43.0 Å². The van der Waals surface area contributed by atoms with Gasteiger partial charge in [-0.15, -0.1) is 0 Å². The van der Waals surface area contributed by atoms with Crippen molar-refractivity contribution in [2.45, 2.75) is 33.6 Å². The van der Waals surface area contributed by atoms with E-state index < -0.39 is 0 Å². The van der Waals surface area contributed by atoms with Gasteiger partial charge in [-0.25, -0.2) is 9.59 Å². The molecule has 23 heavy (non-hydrogen) atoms. The van der Waals surface area contributed by atoms with E-state index in [1.54, 1.807) is 13.0 Å². The molecule has 0 heterocycles. The van der Waals surface area contributed by atoms with Crippen molar-refractivity contribution in [3.63, 3.8) is 0 Å². The van der Waals surface area contributed by atoms with Crippen LogP contribution in [0.1, 0.15) is 44.7 Å². The Morgan fingerprint density at radius 1 is 1.04 bits per heavy atom. The van der Waals surface area contributed by atoms with Crippen LogP contribution in [0.2, 0.25) is 0 Å². The number of hydrogen-bond acceptors (Lipinski definition) is 4. The smallest absolute Gasteiger partial charge is 0.331 e. The fourth-order valence-electron chi connectivity index (χ4n) is 1.83. The lowest BCUT2D eigenvalue weighted by Crippen LogP contribution is -2.01. The van der Waals surface area contributed by atoms with Gasteiger partial charge < -0.3 is 9.47 Å². The fraction of sp³-hybridized carbons (Fsp3) is 0.368. The Bertz CT molecular complexity index is 568. The summed E-state index contributed by atoms with van der Waals surface area (Å²) in [5, 5.41) is 0. The molecule has 0 saturated heterocycles. The quantitative estimate of drug-likeness (QED) is 0.413. The minimum absolute atomic E-state index is 0.332. The second-order valence-corrected chi connectivity index (χ2v) is 5.06. The molecule has 1 aromatic rings. The summed E-state index contributed by atoms with van der Waals surface area (Å²) in [5.74, 6) is -0.676. The highest BCUT2D eigenvalue weighted by Gasteiger charge is 2.01. The Labute approximate surface area is 137 Å². The zero-order valence-electron chi connectivity index (χ0n) is 14.0. The highest BCUT2D eigenvalue weighted by Crippen LogP contribution is 2.15. The molecule has 0 bridgehead atoms. The van der Waals surface area contributed by atoms with Gasteiger partial charge in [-0.1, -0.05) is 37.6 Å². The fourth-order valence-corrected chi connectivity index (χ4v) is 1.83. The second-order valence-electron chi connectivity index (χ2n) is 5.06. The number of esters is 2. The third-order valence-corrected chi connectivity index (χ3v) is 3.14. The number of carbonyl (C=O) groups excluding carboxylic acids is 2. The first-order valence-corrected chi connectivity index (χ1v) is 7.87. The predicted molar refractivity (Wildman–Crippen MR) is 91.6 cm³/mol. The van der Waals surface area contributed by atoms with Gasteiger partial charge in [0.1, 0.15) is 0 Å². The number of hydrogen-bond donors (Lipinski definition) is 0. The standard InChI is InChI=1S/C19H24O4/c1-4-6-13-23-18(20)12-9-16-7-10-17(11-8-16)15(3)14-19(21)22-5-2/h7-12,14H,4-6,13H2,1-3H3/b12-9+,15-14+. The third kappa shape index (κ3) is 7.45. The molecular weight excluding hydrogens is 292 g/mol. The van der Waals surface area contributed by atoms with Gasteiger partial charge in [0.05, 0.1) is 13.2 Å². The first kappa shape index (κ1) is 18.7. The molecule has 0 aliphatic rings. The van der Waals surface area contributed by atoms with Crippen LogP contribution in [-0.2, 0) is 19.1 Å². The summed E-state index contributed by atoms with van der Waals surface area (Å²) in [6.45, 7) is 6.49. The van der Waals surface area contributed by atoms with Crippen molar-refractivity contribution in [1.82, 2.24) is 0 Å². The van der Waals surface area contributed by atoms with Gasteiger partial charge in [-0.3, -0.25) is 0 Å². The Balaban J connectivity index is 2.62. The lowest BCUT2D eigenvalue weighted by atomic mass is 10.0. The van der Waals surface area contributed by atoms with Crippen LogP contribution in [-0.4, -0.2) is 25.2 Å². The Hall–Kier alpha value is -2.36.